The maximum Gasteiger partial charge on any atom is 0.408 e. The van der Waals surface area contributed by atoms with Crippen LogP contribution in [0.3, 0.4) is 0 Å². The van der Waals surface area contributed by atoms with Gasteiger partial charge in [0.25, 0.3) is 5.56 Å². The van der Waals surface area contributed by atoms with Crippen molar-refractivity contribution in [2.45, 2.75) is 31.7 Å². The summed E-state index contributed by atoms with van der Waals surface area (Å²) in [7, 11) is 0. The molecule has 0 radical (unpaired) electrons. The van der Waals surface area contributed by atoms with Crippen molar-refractivity contribution >= 4 is 23.4 Å². The van der Waals surface area contributed by atoms with Crippen LogP contribution in [-0.2, 0) is 17.8 Å². The maximum absolute atomic E-state index is 13.8. The number of morpholine rings is 1. The smallest absolute Gasteiger partial charge is 0.378 e. The van der Waals surface area contributed by atoms with Crippen molar-refractivity contribution in [1.29, 1.82) is 0 Å². The van der Waals surface area contributed by atoms with Crippen LogP contribution >= 0.6 is 11.6 Å². The number of fused-ring (bicyclic) bond motifs is 1. The summed E-state index contributed by atoms with van der Waals surface area (Å²) in [5, 5.41) is 0.329. The predicted octanol–water partition coefficient (Wildman–Crippen LogP) is 2.47. The monoisotopic (exact) mass is 429 g/mol. The largest absolute Gasteiger partial charge is 0.408 e. The van der Waals surface area contributed by atoms with Crippen molar-refractivity contribution in [3.05, 3.63) is 45.5 Å². The number of nitrogens with zero attached hydrogens (tertiary/aromatic N) is 5. The van der Waals surface area contributed by atoms with Gasteiger partial charge in [0.1, 0.15) is 11.9 Å². The number of ether oxygens (including phenoxy) is 1. The fourth-order valence-electron chi connectivity index (χ4n) is 3.67. The van der Waals surface area contributed by atoms with E-state index in [9.17, 15) is 18.0 Å². The Bertz CT molecular complexity index is 946. The quantitative estimate of drug-likeness (QED) is 0.747. The maximum atomic E-state index is 13.8. The van der Waals surface area contributed by atoms with Gasteiger partial charge < -0.3 is 14.5 Å². The second-order valence-electron chi connectivity index (χ2n) is 6.99. The summed E-state index contributed by atoms with van der Waals surface area (Å²) in [4.78, 5) is 24.1. The molecule has 11 heteroatoms. The Kier molecular flexibility index (Phi) is 5.39. The molecule has 1 saturated heterocycles. The molecule has 0 N–H and O–H groups in total. The molecule has 2 aliphatic heterocycles. The first-order chi connectivity index (χ1) is 13.8. The molecule has 156 valence electrons. The molecule has 2 aromatic heterocycles. The Morgan fingerprint density at radius 1 is 1.17 bits per heavy atom. The molecule has 29 heavy (non-hydrogen) atoms. The van der Waals surface area contributed by atoms with Crippen LogP contribution in [0.5, 0.6) is 0 Å². The number of hydrogen-bond donors (Lipinski definition) is 0. The highest BCUT2D eigenvalue weighted by Crippen LogP contribution is 2.35. The van der Waals surface area contributed by atoms with E-state index >= 15 is 0 Å². The van der Waals surface area contributed by atoms with Gasteiger partial charge in [0.05, 0.1) is 18.2 Å². The zero-order valence-electron chi connectivity index (χ0n) is 15.4. The van der Waals surface area contributed by atoms with Crippen LogP contribution in [0.4, 0.5) is 24.9 Å². The third-order valence-electron chi connectivity index (χ3n) is 5.06. The molecule has 1 atom stereocenters. The van der Waals surface area contributed by atoms with Crippen LogP contribution in [0.2, 0.25) is 5.02 Å². The van der Waals surface area contributed by atoms with Crippen molar-refractivity contribution < 1.29 is 17.9 Å². The summed E-state index contributed by atoms with van der Waals surface area (Å²) in [6, 6.07) is 1.18. The third-order valence-corrected chi connectivity index (χ3v) is 5.27. The summed E-state index contributed by atoms with van der Waals surface area (Å²) < 4.78 is 48.0. The minimum Gasteiger partial charge on any atom is -0.378 e. The van der Waals surface area contributed by atoms with Crippen LogP contribution in [-0.4, -0.2) is 53.1 Å². The van der Waals surface area contributed by atoms with Crippen molar-refractivity contribution in [2.75, 3.05) is 36.1 Å². The van der Waals surface area contributed by atoms with Gasteiger partial charge in [0, 0.05) is 44.6 Å². The lowest BCUT2D eigenvalue weighted by atomic mass is 10.1. The van der Waals surface area contributed by atoms with Gasteiger partial charge in [-0.25, -0.2) is 0 Å². The highest BCUT2D eigenvalue weighted by atomic mass is 35.5. The molecular weight excluding hydrogens is 411 g/mol. The first kappa shape index (κ1) is 20.0. The predicted molar refractivity (Wildman–Crippen MR) is 101 cm³/mol. The van der Waals surface area contributed by atoms with Crippen LogP contribution in [0.15, 0.2) is 29.3 Å². The summed E-state index contributed by atoms with van der Waals surface area (Å²) in [6.45, 7) is 1.84. The second-order valence-corrected chi connectivity index (χ2v) is 7.43. The highest BCUT2D eigenvalue weighted by molar-refractivity contribution is 6.30. The van der Waals surface area contributed by atoms with Gasteiger partial charge in [-0.15, -0.1) is 0 Å². The fourth-order valence-corrected chi connectivity index (χ4v) is 3.87. The molecule has 1 fully saturated rings. The van der Waals surface area contributed by atoms with Crippen LogP contribution in [0, 0.1) is 0 Å². The fraction of sp³-hybridized carbons (Fsp3) is 0.500. The summed E-state index contributed by atoms with van der Waals surface area (Å²) >= 11 is 5.95. The molecule has 0 aromatic carbocycles. The lowest BCUT2D eigenvalue weighted by Crippen LogP contribution is -2.52. The van der Waals surface area contributed by atoms with E-state index in [1.807, 2.05) is 4.90 Å². The standard InChI is InChI=1S/C18H19ClF3N5O2/c19-13-7-12(9-23-10-13)11-27-14(18(20,21)22)1-2-26-16(28)8-15(24-17(26)27)25-3-5-29-6-4-25/h7-10,14H,1-6,11H2/t14-/m0/s1. The Morgan fingerprint density at radius 3 is 2.62 bits per heavy atom. The normalized spacial score (nSPS) is 19.9. The molecule has 0 saturated carbocycles. The number of alkyl halides is 3. The Hall–Kier alpha value is -2.33. The molecular formula is C18H19ClF3N5O2. The molecule has 0 aliphatic carbocycles. The van der Waals surface area contributed by atoms with Crippen molar-refractivity contribution in [1.82, 2.24) is 14.5 Å². The molecule has 0 unspecified atom stereocenters. The SMILES string of the molecule is O=c1cc(N2CCOCC2)nc2n1CC[C@@H](C(F)(F)F)N2Cc1cncc(Cl)c1. The molecule has 0 spiro atoms. The van der Waals surface area contributed by atoms with E-state index in [-0.39, 0.29) is 31.0 Å². The highest BCUT2D eigenvalue weighted by Gasteiger charge is 2.47. The average molecular weight is 430 g/mol. The minimum atomic E-state index is -4.47. The summed E-state index contributed by atoms with van der Waals surface area (Å²) in [6.07, 6.45) is -1.83. The first-order valence-electron chi connectivity index (χ1n) is 9.20. The molecule has 4 heterocycles. The molecule has 2 aliphatic rings. The van der Waals surface area contributed by atoms with Crippen molar-refractivity contribution in [2.24, 2.45) is 0 Å². The molecule has 0 amide bonds. The number of pyridine rings is 1. The van der Waals surface area contributed by atoms with E-state index in [0.717, 1.165) is 4.90 Å². The second kappa shape index (κ2) is 7.83. The van der Waals surface area contributed by atoms with Crippen molar-refractivity contribution in [3.63, 3.8) is 0 Å². The number of hydrogen-bond acceptors (Lipinski definition) is 6. The van der Waals surface area contributed by atoms with Gasteiger partial charge in [-0.2, -0.15) is 18.2 Å². The zero-order chi connectivity index (χ0) is 20.6. The third kappa shape index (κ3) is 4.18. The Labute approximate surface area is 169 Å². The number of halogens is 4. The van der Waals surface area contributed by atoms with Crippen LogP contribution in [0.1, 0.15) is 12.0 Å². The Balaban J connectivity index is 1.77. The number of aromatic nitrogens is 3. The van der Waals surface area contributed by atoms with Gasteiger partial charge in [0.15, 0.2) is 0 Å². The van der Waals surface area contributed by atoms with E-state index in [0.29, 0.717) is 42.7 Å². The molecule has 2 aromatic rings. The van der Waals surface area contributed by atoms with E-state index in [2.05, 4.69) is 9.97 Å². The average Bonchev–Trinajstić information content (AvgIpc) is 2.68. The van der Waals surface area contributed by atoms with Gasteiger partial charge in [-0.1, -0.05) is 11.6 Å². The lowest BCUT2D eigenvalue weighted by molar-refractivity contribution is -0.153. The first-order valence-corrected chi connectivity index (χ1v) is 9.58. The van der Waals surface area contributed by atoms with E-state index in [4.69, 9.17) is 16.3 Å². The molecule has 0 bridgehead atoms. The lowest BCUT2D eigenvalue weighted by Gasteiger charge is -2.39. The van der Waals surface area contributed by atoms with Gasteiger partial charge >= 0.3 is 6.18 Å². The van der Waals surface area contributed by atoms with Crippen LogP contribution < -0.4 is 15.4 Å². The van der Waals surface area contributed by atoms with Gasteiger partial charge in [-0.3, -0.25) is 14.3 Å². The molecule has 4 rings (SSSR count). The number of anilines is 2. The summed E-state index contributed by atoms with van der Waals surface area (Å²) in [5.74, 6) is 0.370. The van der Waals surface area contributed by atoms with E-state index in [1.165, 1.54) is 23.0 Å². The van der Waals surface area contributed by atoms with Crippen LogP contribution in [0.25, 0.3) is 0 Å². The topological polar surface area (TPSA) is 63.5 Å². The Morgan fingerprint density at radius 2 is 1.93 bits per heavy atom. The zero-order valence-corrected chi connectivity index (χ0v) is 16.2. The van der Waals surface area contributed by atoms with Gasteiger partial charge in [-0.05, 0) is 18.1 Å². The van der Waals surface area contributed by atoms with Gasteiger partial charge in [0.2, 0.25) is 5.95 Å². The molecule has 7 nitrogen and oxygen atoms in total. The van der Waals surface area contributed by atoms with E-state index in [1.54, 1.807) is 6.07 Å². The number of rotatable bonds is 3. The summed E-state index contributed by atoms with van der Waals surface area (Å²) in [5.41, 5.74) is 0.137. The van der Waals surface area contributed by atoms with E-state index < -0.39 is 12.2 Å². The minimum absolute atomic E-state index is 0.00698. The van der Waals surface area contributed by atoms with Crippen molar-refractivity contribution in [3.8, 4) is 0 Å².